The van der Waals surface area contributed by atoms with Crippen LogP contribution in [0.5, 0.6) is 0 Å². The van der Waals surface area contributed by atoms with E-state index in [1.165, 1.54) is 0 Å². The molecular weight excluding hydrogens is 434 g/mol. The van der Waals surface area contributed by atoms with Gasteiger partial charge in [0, 0.05) is 6.20 Å². The molecule has 2 aromatic heterocycles. The van der Waals surface area contributed by atoms with Crippen molar-refractivity contribution in [3.63, 3.8) is 0 Å². The van der Waals surface area contributed by atoms with Gasteiger partial charge in [0.2, 0.25) is 17.5 Å². The van der Waals surface area contributed by atoms with Gasteiger partial charge < -0.3 is 5.32 Å². The highest BCUT2D eigenvalue weighted by Gasteiger charge is 2.26. The Kier molecular flexibility index (Phi) is 6.68. The van der Waals surface area contributed by atoms with Gasteiger partial charge in [0.25, 0.3) is 0 Å². The summed E-state index contributed by atoms with van der Waals surface area (Å²) in [6.07, 6.45) is 2.78. The molecule has 0 aliphatic heterocycles. The van der Waals surface area contributed by atoms with Crippen molar-refractivity contribution in [1.29, 1.82) is 0 Å². The molecule has 10 nitrogen and oxygen atoms in total. The Labute approximate surface area is 195 Å². The number of rotatable bonds is 8. The normalized spacial score (nSPS) is 10.5. The minimum atomic E-state index is -0.634. The summed E-state index contributed by atoms with van der Waals surface area (Å²) in [6, 6.07) is 22.0. The van der Waals surface area contributed by atoms with E-state index >= 15 is 0 Å². The molecule has 2 heterocycles. The predicted octanol–water partition coefficient (Wildman–Crippen LogP) is 4.11. The maximum atomic E-state index is 13.2. The van der Waals surface area contributed by atoms with Crippen molar-refractivity contribution in [2.75, 3.05) is 10.7 Å². The predicted molar refractivity (Wildman–Crippen MR) is 127 cm³/mol. The first-order valence-corrected chi connectivity index (χ1v) is 10.4. The molecule has 0 fully saturated rings. The second kappa shape index (κ2) is 10.2. The molecule has 0 unspecified atom stereocenters. The Morgan fingerprint density at radius 3 is 2.06 bits per heavy atom. The first kappa shape index (κ1) is 22.3. The molecule has 10 heteroatoms. The number of aromatic nitrogens is 3. The third-order valence-electron chi connectivity index (χ3n) is 4.99. The smallest absolute Gasteiger partial charge is 0.319 e. The summed E-state index contributed by atoms with van der Waals surface area (Å²) in [5.41, 5.74) is 7.23. The number of carbonyl (C=O) groups excluding carboxylic acids is 1. The molecule has 0 bridgehead atoms. The van der Waals surface area contributed by atoms with E-state index in [1.807, 2.05) is 73.7 Å². The summed E-state index contributed by atoms with van der Waals surface area (Å²) in [6.45, 7) is 1.88. The highest BCUT2D eigenvalue weighted by Crippen LogP contribution is 2.31. The molecule has 4 aromatic rings. The number of pyridine rings is 1. The van der Waals surface area contributed by atoms with Crippen LogP contribution >= 0.6 is 0 Å². The molecule has 34 heavy (non-hydrogen) atoms. The van der Waals surface area contributed by atoms with Crippen LogP contribution in [0.4, 0.5) is 23.1 Å². The van der Waals surface area contributed by atoms with Gasteiger partial charge >= 0.3 is 5.69 Å². The third-order valence-corrected chi connectivity index (χ3v) is 4.99. The quantitative estimate of drug-likeness (QED) is 0.267. The van der Waals surface area contributed by atoms with Crippen LogP contribution in [0, 0.1) is 17.0 Å². The lowest BCUT2D eigenvalue weighted by molar-refractivity contribution is -0.383. The van der Waals surface area contributed by atoms with E-state index in [9.17, 15) is 14.9 Å². The minimum Gasteiger partial charge on any atom is -0.319 e. The molecule has 0 saturated heterocycles. The van der Waals surface area contributed by atoms with Crippen LogP contribution in [0.3, 0.4) is 0 Å². The Balaban J connectivity index is 1.59. The molecule has 0 aliphatic rings. The maximum absolute atomic E-state index is 13.2. The Morgan fingerprint density at radius 2 is 1.50 bits per heavy atom. The number of anilines is 3. The number of nitrogens with zero attached hydrogens (tertiary/aromatic N) is 4. The van der Waals surface area contributed by atoms with E-state index in [4.69, 9.17) is 0 Å². The highest BCUT2D eigenvalue weighted by molar-refractivity contribution is 5.88. The fraction of sp³-hybridized carbons (Fsp3) is 0.0833. The molecule has 0 atom stereocenters. The number of carbonyl (C=O) groups is 1. The molecule has 170 valence electrons. The standard InChI is InChI=1S/C24H21N7O3/c1-16-12-13-19(25-14-16)28-22-21(31(33)34)23(27-15-26-22)29-30-24(32)20(17-8-4-2-5-9-17)18-10-6-3-7-11-18/h2-15,20H,1H3,(H,30,32)(H2,25,26,27,28,29). The summed E-state index contributed by atoms with van der Waals surface area (Å²) in [4.78, 5) is 36.5. The third kappa shape index (κ3) is 5.13. The van der Waals surface area contributed by atoms with Crippen LogP contribution in [0.15, 0.2) is 85.3 Å². The molecule has 3 N–H and O–H groups in total. The monoisotopic (exact) mass is 455 g/mol. The van der Waals surface area contributed by atoms with Crippen molar-refractivity contribution < 1.29 is 9.72 Å². The average Bonchev–Trinajstić information content (AvgIpc) is 2.85. The zero-order valence-electron chi connectivity index (χ0n) is 18.2. The number of nitro groups is 1. The van der Waals surface area contributed by atoms with Crippen molar-refractivity contribution in [2.24, 2.45) is 0 Å². The number of amides is 1. The van der Waals surface area contributed by atoms with E-state index in [-0.39, 0.29) is 11.6 Å². The molecular formula is C24H21N7O3. The molecule has 0 spiro atoms. The molecule has 0 aliphatic carbocycles. The van der Waals surface area contributed by atoms with Gasteiger partial charge in [-0.1, -0.05) is 66.7 Å². The number of hydrazine groups is 1. The number of nitrogens with one attached hydrogen (secondary N) is 3. The second-order valence-corrected chi connectivity index (χ2v) is 7.39. The zero-order chi connectivity index (χ0) is 23.9. The first-order chi connectivity index (χ1) is 16.5. The lowest BCUT2D eigenvalue weighted by Gasteiger charge is -2.18. The summed E-state index contributed by atoms with van der Waals surface area (Å²) in [7, 11) is 0. The summed E-state index contributed by atoms with van der Waals surface area (Å²) in [5, 5.41) is 14.6. The van der Waals surface area contributed by atoms with E-state index in [0.29, 0.717) is 5.82 Å². The van der Waals surface area contributed by atoms with Crippen molar-refractivity contribution >= 4 is 29.0 Å². The Morgan fingerprint density at radius 1 is 0.882 bits per heavy atom. The number of aryl methyl sites for hydroxylation is 1. The summed E-state index contributed by atoms with van der Waals surface area (Å²) < 4.78 is 0. The average molecular weight is 455 g/mol. The fourth-order valence-electron chi connectivity index (χ4n) is 3.38. The van der Waals surface area contributed by atoms with E-state index in [1.54, 1.807) is 12.3 Å². The van der Waals surface area contributed by atoms with Gasteiger partial charge in [-0.2, -0.15) is 0 Å². The lowest BCUT2D eigenvalue weighted by atomic mass is 9.91. The number of benzene rings is 2. The van der Waals surface area contributed by atoms with Crippen molar-refractivity contribution in [1.82, 2.24) is 20.4 Å². The lowest BCUT2D eigenvalue weighted by Crippen LogP contribution is -2.35. The second-order valence-electron chi connectivity index (χ2n) is 7.39. The fourth-order valence-corrected chi connectivity index (χ4v) is 3.38. The minimum absolute atomic E-state index is 0.0595. The van der Waals surface area contributed by atoms with Gasteiger partial charge in [0.1, 0.15) is 12.1 Å². The van der Waals surface area contributed by atoms with Crippen LogP contribution in [0.25, 0.3) is 0 Å². The van der Waals surface area contributed by atoms with Crippen molar-refractivity contribution in [3.8, 4) is 0 Å². The number of hydrogen-bond acceptors (Lipinski definition) is 8. The van der Waals surface area contributed by atoms with Crippen LogP contribution in [-0.2, 0) is 4.79 Å². The molecule has 1 amide bonds. The molecule has 0 radical (unpaired) electrons. The maximum Gasteiger partial charge on any atom is 0.355 e. The first-order valence-electron chi connectivity index (χ1n) is 10.4. The molecule has 2 aromatic carbocycles. The van der Waals surface area contributed by atoms with Gasteiger partial charge in [-0.25, -0.2) is 15.0 Å². The van der Waals surface area contributed by atoms with Gasteiger partial charge in [-0.3, -0.25) is 25.8 Å². The van der Waals surface area contributed by atoms with E-state index in [2.05, 4.69) is 31.1 Å². The highest BCUT2D eigenvalue weighted by atomic mass is 16.6. The zero-order valence-corrected chi connectivity index (χ0v) is 18.2. The van der Waals surface area contributed by atoms with Gasteiger partial charge in [-0.15, -0.1) is 0 Å². The van der Waals surface area contributed by atoms with Gasteiger partial charge in [-0.05, 0) is 29.7 Å². The molecule has 4 rings (SSSR count). The SMILES string of the molecule is Cc1ccc(Nc2ncnc(NNC(=O)C(c3ccccc3)c3ccccc3)c2[N+](=O)[O-])nc1. The van der Waals surface area contributed by atoms with Crippen molar-refractivity contribution in [2.45, 2.75) is 12.8 Å². The van der Waals surface area contributed by atoms with Gasteiger partial charge in [0.05, 0.1) is 10.8 Å². The summed E-state index contributed by atoms with van der Waals surface area (Å²) >= 11 is 0. The topological polar surface area (TPSA) is 135 Å². The van der Waals surface area contributed by atoms with Crippen molar-refractivity contribution in [3.05, 3.63) is 112 Å². The van der Waals surface area contributed by atoms with E-state index in [0.717, 1.165) is 23.0 Å². The van der Waals surface area contributed by atoms with Crippen LogP contribution in [0.1, 0.15) is 22.6 Å². The Hall–Kier alpha value is -4.86. The number of hydrogen-bond donors (Lipinski definition) is 3. The van der Waals surface area contributed by atoms with Crippen LogP contribution in [0.2, 0.25) is 0 Å². The Bertz CT molecular complexity index is 1240. The largest absolute Gasteiger partial charge is 0.355 e. The summed E-state index contributed by atoms with van der Waals surface area (Å²) in [5.74, 6) is -0.876. The molecule has 0 saturated carbocycles. The van der Waals surface area contributed by atoms with Crippen LogP contribution < -0.4 is 16.2 Å². The van der Waals surface area contributed by atoms with E-state index < -0.39 is 22.4 Å². The van der Waals surface area contributed by atoms with Crippen LogP contribution in [-0.4, -0.2) is 25.8 Å². The van der Waals surface area contributed by atoms with Gasteiger partial charge in [0.15, 0.2) is 0 Å².